The van der Waals surface area contributed by atoms with Crippen LogP contribution < -0.4 is 14.8 Å². The summed E-state index contributed by atoms with van der Waals surface area (Å²) in [5, 5.41) is 3.68. The number of methoxy groups -OCH3 is 1. The summed E-state index contributed by atoms with van der Waals surface area (Å²) in [6, 6.07) is 4.63. The summed E-state index contributed by atoms with van der Waals surface area (Å²) in [6.45, 7) is 2.66. The number of ketones is 1. The van der Waals surface area contributed by atoms with E-state index in [1.54, 1.807) is 14.0 Å². The van der Waals surface area contributed by atoms with Gasteiger partial charge in [-0.3, -0.25) is 4.79 Å². The lowest BCUT2D eigenvalue weighted by molar-refractivity contribution is -0.124. The van der Waals surface area contributed by atoms with Crippen LogP contribution in [0.4, 0.5) is 0 Å². The summed E-state index contributed by atoms with van der Waals surface area (Å²) in [4.78, 5) is 12.2. The molecule has 1 spiro atoms. The molecule has 2 aliphatic heterocycles. The van der Waals surface area contributed by atoms with Crippen molar-refractivity contribution in [2.75, 3.05) is 13.7 Å². The van der Waals surface area contributed by atoms with Crippen molar-refractivity contribution in [3.8, 4) is 11.5 Å². The molecule has 4 heteroatoms. The number of carbonyl (C=O) groups is 1. The zero-order valence-electron chi connectivity index (χ0n) is 13.5. The first kappa shape index (κ1) is 13.6. The third-order valence-corrected chi connectivity index (χ3v) is 6.38. The Hall–Kier alpha value is -1.81. The van der Waals surface area contributed by atoms with Gasteiger partial charge in [0.05, 0.1) is 13.0 Å². The Bertz CT molecular complexity index is 740. The lowest BCUT2D eigenvalue weighted by Crippen LogP contribution is -2.64. The zero-order valence-corrected chi connectivity index (χ0v) is 13.5. The van der Waals surface area contributed by atoms with Crippen LogP contribution in [0.25, 0.3) is 0 Å². The van der Waals surface area contributed by atoms with Crippen molar-refractivity contribution in [3.05, 3.63) is 35.4 Å². The minimum absolute atomic E-state index is 0.0710. The Balaban J connectivity index is 1.81. The van der Waals surface area contributed by atoms with E-state index in [9.17, 15) is 4.79 Å². The Morgan fingerprint density at radius 2 is 2.26 bits per heavy atom. The first-order chi connectivity index (χ1) is 11.2. The Morgan fingerprint density at radius 3 is 3.04 bits per heavy atom. The highest BCUT2D eigenvalue weighted by Crippen LogP contribution is 2.62. The molecule has 1 aromatic rings. The molecule has 2 heterocycles. The molecule has 1 fully saturated rings. The largest absolute Gasteiger partial charge is 0.493 e. The van der Waals surface area contributed by atoms with E-state index in [1.807, 2.05) is 6.07 Å². The molecule has 23 heavy (non-hydrogen) atoms. The molecular formula is C19H21NO3. The van der Waals surface area contributed by atoms with Crippen molar-refractivity contribution in [2.45, 2.75) is 37.3 Å². The molecule has 4 aliphatic rings. The fourth-order valence-corrected chi connectivity index (χ4v) is 5.50. The highest BCUT2D eigenvalue weighted by molar-refractivity contribution is 5.82. The Labute approximate surface area is 135 Å². The van der Waals surface area contributed by atoms with Crippen LogP contribution in [0, 0.1) is 11.8 Å². The second kappa shape index (κ2) is 4.38. The summed E-state index contributed by atoms with van der Waals surface area (Å²) in [6.07, 6.45) is 6.30. The van der Waals surface area contributed by atoms with Gasteiger partial charge in [-0.05, 0) is 37.9 Å². The number of Topliss-reactive ketones (excluding diaryl/α,β-unsaturated/α-hetero) is 1. The summed E-state index contributed by atoms with van der Waals surface area (Å²) < 4.78 is 12.0. The van der Waals surface area contributed by atoms with Crippen molar-refractivity contribution in [1.82, 2.24) is 5.32 Å². The molecule has 120 valence electrons. The molecule has 0 radical (unpaired) electrons. The van der Waals surface area contributed by atoms with E-state index < -0.39 is 0 Å². The molecule has 0 saturated carbocycles. The quantitative estimate of drug-likeness (QED) is 0.849. The standard InChI is InChI=1S/C19H21NO3/c1-10(21)12-4-5-13-14-9-11-3-6-15(22-2)17-16(11)19(13,7-8-20-14)18(12)23-17/h3-6,12-14,18,20H,7-9H2,1-2H3/t12-,13+,14-,18-,19+/m1/s1. The molecule has 0 unspecified atom stereocenters. The second-order valence-corrected chi connectivity index (χ2v) is 7.27. The highest BCUT2D eigenvalue weighted by atomic mass is 16.5. The molecule has 2 bridgehead atoms. The predicted octanol–water partition coefficient (Wildman–Crippen LogP) is 2.00. The molecule has 0 amide bonds. The van der Waals surface area contributed by atoms with E-state index in [-0.39, 0.29) is 23.2 Å². The number of hydrogen-bond acceptors (Lipinski definition) is 4. The van der Waals surface area contributed by atoms with Crippen LogP contribution >= 0.6 is 0 Å². The highest BCUT2D eigenvalue weighted by Gasteiger charge is 2.63. The normalized spacial score (nSPS) is 38.7. The van der Waals surface area contributed by atoms with E-state index in [2.05, 4.69) is 23.5 Å². The van der Waals surface area contributed by atoms with Gasteiger partial charge in [-0.25, -0.2) is 0 Å². The first-order valence-electron chi connectivity index (χ1n) is 8.46. The number of nitrogens with one attached hydrogen (secondary N) is 1. The van der Waals surface area contributed by atoms with Gasteiger partial charge in [-0.15, -0.1) is 0 Å². The van der Waals surface area contributed by atoms with E-state index in [1.165, 1.54) is 11.1 Å². The third-order valence-electron chi connectivity index (χ3n) is 6.38. The summed E-state index contributed by atoms with van der Waals surface area (Å²) in [7, 11) is 1.69. The lowest BCUT2D eigenvalue weighted by Gasteiger charge is -2.54. The van der Waals surface area contributed by atoms with Gasteiger partial charge in [0.25, 0.3) is 0 Å². The lowest BCUT2D eigenvalue weighted by atomic mass is 9.52. The maximum atomic E-state index is 12.2. The Kier molecular flexibility index (Phi) is 2.59. The number of ether oxygens (including phenoxy) is 2. The average molecular weight is 311 g/mol. The van der Waals surface area contributed by atoms with E-state index in [0.29, 0.717) is 12.0 Å². The summed E-state index contributed by atoms with van der Waals surface area (Å²) in [5.41, 5.74) is 2.60. The van der Waals surface area contributed by atoms with Gasteiger partial charge in [0.1, 0.15) is 11.9 Å². The molecular weight excluding hydrogens is 290 g/mol. The van der Waals surface area contributed by atoms with Crippen molar-refractivity contribution in [1.29, 1.82) is 0 Å². The van der Waals surface area contributed by atoms with Gasteiger partial charge in [0.2, 0.25) is 0 Å². The second-order valence-electron chi connectivity index (χ2n) is 7.27. The van der Waals surface area contributed by atoms with Crippen LogP contribution in [0.2, 0.25) is 0 Å². The van der Waals surface area contributed by atoms with Gasteiger partial charge in [0.15, 0.2) is 11.5 Å². The van der Waals surface area contributed by atoms with Crippen molar-refractivity contribution >= 4 is 5.78 Å². The Morgan fingerprint density at radius 1 is 1.39 bits per heavy atom. The average Bonchev–Trinajstić information content (AvgIpc) is 2.87. The summed E-state index contributed by atoms with van der Waals surface area (Å²) >= 11 is 0. The molecule has 5 atom stereocenters. The van der Waals surface area contributed by atoms with Crippen molar-refractivity contribution in [3.63, 3.8) is 0 Å². The molecule has 1 N–H and O–H groups in total. The number of benzene rings is 1. The van der Waals surface area contributed by atoms with Gasteiger partial charge >= 0.3 is 0 Å². The molecule has 5 rings (SSSR count). The number of carbonyl (C=O) groups excluding carboxylic acids is 1. The molecule has 1 aromatic carbocycles. The topological polar surface area (TPSA) is 47.6 Å². The number of piperidine rings is 1. The van der Waals surface area contributed by atoms with Crippen LogP contribution in [-0.4, -0.2) is 31.6 Å². The fraction of sp³-hybridized carbons (Fsp3) is 0.526. The van der Waals surface area contributed by atoms with Crippen LogP contribution in [0.15, 0.2) is 24.3 Å². The third kappa shape index (κ3) is 1.48. The van der Waals surface area contributed by atoms with Crippen LogP contribution in [-0.2, 0) is 16.6 Å². The van der Waals surface area contributed by atoms with Crippen molar-refractivity contribution < 1.29 is 14.3 Å². The van der Waals surface area contributed by atoms with Gasteiger partial charge in [-0.2, -0.15) is 0 Å². The molecule has 1 saturated heterocycles. The van der Waals surface area contributed by atoms with Crippen LogP contribution in [0.3, 0.4) is 0 Å². The SMILES string of the molecule is COc1ccc2c3c1O[C@@H]1[C@@H](C(C)=O)C=C[C@H]4[C@@H](C2)NCC[C@]314. The molecule has 4 nitrogen and oxygen atoms in total. The monoisotopic (exact) mass is 311 g/mol. The molecule has 2 aliphatic carbocycles. The minimum Gasteiger partial charge on any atom is -0.493 e. The maximum Gasteiger partial charge on any atom is 0.165 e. The maximum absolute atomic E-state index is 12.2. The smallest absolute Gasteiger partial charge is 0.165 e. The van der Waals surface area contributed by atoms with Gasteiger partial charge in [0, 0.05) is 22.9 Å². The van der Waals surface area contributed by atoms with Crippen molar-refractivity contribution in [2.24, 2.45) is 11.8 Å². The fourth-order valence-electron chi connectivity index (χ4n) is 5.50. The number of hydrogen-bond donors (Lipinski definition) is 1. The van der Waals surface area contributed by atoms with Gasteiger partial charge in [-0.1, -0.05) is 18.2 Å². The minimum atomic E-state index is -0.159. The van der Waals surface area contributed by atoms with Gasteiger partial charge < -0.3 is 14.8 Å². The first-order valence-corrected chi connectivity index (χ1v) is 8.46. The number of rotatable bonds is 2. The summed E-state index contributed by atoms with van der Waals surface area (Å²) in [5.74, 6) is 2.11. The van der Waals surface area contributed by atoms with E-state index in [0.717, 1.165) is 30.9 Å². The van der Waals surface area contributed by atoms with E-state index >= 15 is 0 Å². The predicted molar refractivity (Wildman–Crippen MR) is 86.0 cm³/mol. The van der Waals surface area contributed by atoms with Crippen LogP contribution in [0.5, 0.6) is 11.5 Å². The zero-order chi connectivity index (χ0) is 15.8. The molecule has 0 aromatic heterocycles. The van der Waals surface area contributed by atoms with E-state index in [4.69, 9.17) is 9.47 Å². The van der Waals surface area contributed by atoms with Crippen LogP contribution in [0.1, 0.15) is 24.5 Å².